The molecule has 5 rings (SSSR count). The Labute approximate surface area is 206 Å². The third-order valence-corrected chi connectivity index (χ3v) is 6.47. The molecule has 2 heterocycles. The number of carbonyl (C=O) groups is 1. The Balaban J connectivity index is 1.39. The first-order chi connectivity index (χ1) is 17.2. The fourth-order valence-electron chi connectivity index (χ4n) is 4.54. The van der Waals surface area contributed by atoms with Crippen LogP contribution in [0.1, 0.15) is 28.8 Å². The molecule has 0 atom stereocenters. The minimum atomic E-state index is -0.210. The zero-order valence-electron chi connectivity index (χ0n) is 20.0. The summed E-state index contributed by atoms with van der Waals surface area (Å²) < 4.78 is 7.29. The number of hydrogen-bond acceptors (Lipinski definition) is 4. The Morgan fingerprint density at radius 1 is 0.943 bits per heavy atom. The summed E-state index contributed by atoms with van der Waals surface area (Å²) in [5.74, 6) is 0.458. The van der Waals surface area contributed by atoms with Gasteiger partial charge in [0.25, 0.3) is 5.91 Å². The van der Waals surface area contributed by atoms with Gasteiger partial charge in [-0.25, -0.2) is 4.68 Å². The van der Waals surface area contributed by atoms with Gasteiger partial charge < -0.3 is 15.0 Å². The van der Waals surface area contributed by atoms with Gasteiger partial charge in [0.05, 0.1) is 18.4 Å². The molecule has 1 saturated heterocycles. The molecule has 0 saturated carbocycles. The summed E-state index contributed by atoms with van der Waals surface area (Å²) >= 11 is 0. The standard InChI is InChI=1S/C29H30N4O2/c1-35-27-12-6-5-11-25(27)28-26(21-33(31-28)24-9-3-2-4-10-24)29(34)30-23-15-13-22(14-16-23)17-20-32-18-7-8-19-32/h2-6,9-16,21H,7-8,17-20H2,1H3,(H,30,34). The normalized spacial score (nSPS) is 13.6. The molecule has 0 spiro atoms. The Morgan fingerprint density at radius 3 is 2.40 bits per heavy atom. The average molecular weight is 467 g/mol. The Morgan fingerprint density at radius 2 is 1.66 bits per heavy atom. The summed E-state index contributed by atoms with van der Waals surface area (Å²) in [5, 5.41) is 7.82. The molecule has 4 aromatic rings. The predicted molar refractivity (Wildman–Crippen MR) is 139 cm³/mol. The van der Waals surface area contributed by atoms with Gasteiger partial charge in [-0.2, -0.15) is 5.10 Å². The van der Waals surface area contributed by atoms with Crippen molar-refractivity contribution < 1.29 is 9.53 Å². The lowest BCUT2D eigenvalue weighted by Crippen LogP contribution is -2.21. The van der Waals surface area contributed by atoms with Crippen LogP contribution in [0, 0.1) is 0 Å². The van der Waals surface area contributed by atoms with Crippen molar-refractivity contribution in [3.8, 4) is 22.7 Å². The maximum absolute atomic E-state index is 13.4. The number of nitrogens with one attached hydrogen (secondary N) is 1. The quantitative estimate of drug-likeness (QED) is 0.376. The van der Waals surface area contributed by atoms with Crippen molar-refractivity contribution in [2.45, 2.75) is 19.3 Å². The third-order valence-electron chi connectivity index (χ3n) is 6.47. The number of rotatable bonds is 8. The van der Waals surface area contributed by atoms with Crippen LogP contribution in [0.2, 0.25) is 0 Å². The van der Waals surface area contributed by atoms with E-state index in [9.17, 15) is 4.79 Å². The van der Waals surface area contributed by atoms with Crippen LogP contribution in [-0.2, 0) is 6.42 Å². The van der Waals surface area contributed by atoms with Gasteiger partial charge in [0.15, 0.2) is 0 Å². The summed E-state index contributed by atoms with van der Waals surface area (Å²) in [5.41, 5.74) is 4.75. The number of benzene rings is 3. The first-order valence-electron chi connectivity index (χ1n) is 12.1. The maximum Gasteiger partial charge on any atom is 0.259 e. The number of ether oxygens (including phenoxy) is 1. The van der Waals surface area contributed by atoms with E-state index < -0.39 is 0 Å². The summed E-state index contributed by atoms with van der Waals surface area (Å²) in [6.07, 6.45) is 5.41. The molecule has 1 fully saturated rings. The first kappa shape index (κ1) is 22.9. The number of para-hydroxylation sites is 2. The molecule has 0 radical (unpaired) electrons. The molecule has 1 amide bonds. The highest BCUT2D eigenvalue weighted by Crippen LogP contribution is 2.32. The van der Waals surface area contributed by atoms with E-state index in [1.807, 2.05) is 66.7 Å². The fourth-order valence-corrected chi connectivity index (χ4v) is 4.54. The second-order valence-corrected chi connectivity index (χ2v) is 8.82. The average Bonchev–Trinajstić information content (AvgIpc) is 3.59. The lowest BCUT2D eigenvalue weighted by molar-refractivity contribution is 0.102. The minimum absolute atomic E-state index is 0.210. The van der Waals surface area contributed by atoms with Gasteiger partial charge in [0.1, 0.15) is 11.4 Å². The van der Waals surface area contributed by atoms with Gasteiger partial charge in [-0.05, 0) is 74.3 Å². The SMILES string of the molecule is COc1ccccc1-c1nn(-c2ccccc2)cc1C(=O)Nc1ccc(CCN2CCCC2)cc1. The van der Waals surface area contributed by atoms with E-state index in [1.54, 1.807) is 18.0 Å². The maximum atomic E-state index is 13.4. The zero-order valence-corrected chi connectivity index (χ0v) is 20.0. The number of amides is 1. The van der Waals surface area contributed by atoms with Crippen molar-refractivity contribution in [3.05, 3.63) is 96.2 Å². The number of methoxy groups -OCH3 is 1. The van der Waals surface area contributed by atoms with E-state index in [4.69, 9.17) is 9.84 Å². The van der Waals surface area contributed by atoms with Gasteiger partial charge >= 0.3 is 0 Å². The Hall–Kier alpha value is -3.90. The summed E-state index contributed by atoms with van der Waals surface area (Å²) in [4.78, 5) is 15.9. The van der Waals surface area contributed by atoms with Crippen molar-refractivity contribution in [2.24, 2.45) is 0 Å². The lowest BCUT2D eigenvalue weighted by Gasteiger charge is -2.14. The number of nitrogens with zero attached hydrogens (tertiary/aromatic N) is 3. The van der Waals surface area contributed by atoms with Gasteiger partial charge in [0.2, 0.25) is 0 Å². The number of aromatic nitrogens is 2. The van der Waals surface area contributed by atoms with Gasteiger partial charge in [0, 0.05) is 24.0 Å². The molecular weight excluding hydrogens is 436 g/mol. The van der Waals surface area contributed by atoms with E-state index in [-0.39, 0.29) is 5.91 Å². The summed E-state index contributed by atoms with van der Waals surface area (Å²) in [6, 6.07) is 25.5. The van der Waals surface area contributed by atoms with Crippen LogP contribution in [0.25, 0.3) is 16.9 Å². The summed E-state index contributed by atoms with van der Waals surface area (Å²) in [6.45, 7) is 3.51. The van der Waals surface area contributed by atoms with E-state index in [1.165, 1.54) is 31.5 Å². The zero-order chi connectivity index (χ0) is 24.0. The number of carbonyl (C=O) groups excluding carboxylic acids is 1. The van der Waals surface area contributed by atoms with Crippen LogP contribution in [0.5, 0.6) is 5.75 Å². The molecule has 1 aliphatic rings. The molecule has 0 unspecified atom stereocenters. The predicted octanol–water partition coefficient (Wildman–Crippen LogP) is 5.44. The highest BCUT2D eigenvalue weighted by atomic mass is 16.5. The van der Waals surface area contributed by atoms with Crippen LogP contribution in [0.3, 0.4) is 0 Å². The van der Waals surface area contributed by atoms with Gasteiger partial charge in [-0.15, -0.1) is 0 Å². The molecule has 0 bridgehead atoms. The molecule has 178 valence electrons. The van der Waals surface area contributed by atoms with Crippen LogP contribution in [0.4, 0.5) is 5.69 Å². The van der Waals surface area contributed by atoms with Crippen molar-refractivity contribution in [2.75, 3.05) is 32.1 Å². The van der Waals surface area contributed by atoms with Crippen molar-refractivity contribution in [3.63, 3.8) is 0 Å². The second-order valence-electron chi connectivity index (χ2n) is 8.82. The molecule has 6 heteroatoms. The fraction of sp³-hybridized carbons (Fsp3) is 0.241. The van der Waals surface area contributed by atoms with E-state index in [2.05, 4.69) is 22.3 Å². The Bertz CT molecular complexity index is 1280. The van der Waals surface area contributed by atoms with Crippen molar-refractivity contribution >= 4 is 11.6 Å². The molecule has 6 nitrogen and oxygen atoms in total. The van der Waals surface area contributed by atoms with Crippen LogP contribution < -0.4 is 10.1 Å². The topological polar surface area (TPSA) is 59.4 Å². The van der Waals surface area contributed by atoms with E-state index in [0.717, 1.165) is 29.9 Å². The van der Waals surface area contributed by atoms with E-state index >= 15 is 0 Å². The molecule has 0 aliphatic carbocycles. The van der Waals surface area contributed by atoms with Gasteiger partial charge in [-0.1, -0.05) is 42.5 Å². The number of anilines is 1. The third kappa shape index (κ3) is 5.28. The van der Waals surface area contributed by atoms with Gasteiger partial charge in [-0.3, -0.25) is 4.79 Å². The highest BCUT2D eigenvalue weighted by Gasteiger charge is 2.21. The Kier molecular flexibility index (Phi) is 6.91. The van der Waals surface area contributed by atoms with Crippen LogP contribution in [-0.4, -0.2) is 47.3 Å². The number of hydrogen-bond donors (Lipinski definition) is 1. The molecular formula is C29H30N4O2. The second kappa shape index (κ2) is 10.6. The number of likely N-dealkylation sites (tertiary alicyclic amines) is 1. The lowest BCUT2D eigenvalue weighted by atomic mass is 10.1. The molecule has 1 aliphatic heterocycles. The summed E-state index contributed by atoms with van der Waals surface area (Å²) in [7, 11) is 1.62. The molecule has 35 heavy (non-hydrogen) atoms. The van der Waals surface area contributed by atoms with Crippen LogP contribution >= 0.6 is 0 Å². The first-order valence-corrected chi connectivity index (χ1v) is 12.1. The van der Waals surface area contributed by atoms with Crippen molar-refractivity contribution in [1.29, 1.82) is 0 Å². The largest absolute Gasteiger partial charge is 0.496 e. The monoisotopic (exact) mass is 466 g/mol. The van der Waals surface area contributed by atoms with E-state index in [0.29, 0.717) is 17.0 Å². The smallest absolute Gasteiger partial charge is 0.259 e. The molecule has 3 aromatic carbocycles. The minimum Gasteiger partial charge on any atom is -0.496 e. The highest BCUT2D eigenvalue weighted by molar-refractivity contribution is 6.08. The molecule has 1 N–H and O–H groups in total. The van der Waals surface area contributed by atoms with Crippen molar-refractivity contribution in [1.82, 2.24) is 14.7 Å². The van der Waals surface area contributed by atoms with Crippen LogP contribution in [0.15, 0.2) is 85.1 Å². The molecule has 1 aromatic heterocycles.